The molecule has 0 saturated heterocycles. The Balaban J connectivity index is 2.06. The van der Waals surface area contributed by atoms with E-state index in [0.29, 0.717) is 0 Å². The lowest BCUT2D eigenvalue weighted by Crippen LogP contribution is -2.37. The molecule has 0 unspecified atom stereocenters. The van der Waals surface area contributed by atoms with Crippen LogP contribution < -0.4 is 0 Å². The Morgan fingerprint density at radius 3 is 2.20 bits per heavy atom. The molecule has 0 bridgehead atoms. The summed E-state index contributed by atoms with van der Waals surface area (Å²) in [5, 5.41) is 9.12. The van der Waals surface area contributed by atoms with Crippen LogP contribution in [0, 0.1) is 5.41 Å². The second-order valence-electron chi connectivity index (χ2n) is 4.96. The van der Waals surface area contributed by atoms with Crippen LogP contribution in [0.3, 0.4) is 0 Å². The van der Waals surface area contributed by atoms with E-state index in [1.165, 1.54) is 32.1 Å². The van der Waals surface area contributed by atoms with Crippen LogP contribution in [0.2, 0.25) is 0 Å². The van der Waals surface area contributed by atoms with Crippen LogP contribution in [-0.2, 0) is 4.79 Å². The van der Waals surface area contributed by atoms with E-state index in [2.05, 4.69) is 6.92 Å². The van der Waals surface area contributed by atoms with Gasteiger partial charge in [-0.05, 0) is 19.3 Å². The fraction of sp³-hybridized carbons (Fsp3) is 0.923. The Bertz CT molecular complexity index is 195. The zero-order valence-electron chi connectivity index (χ0n) is 9.93. The molecule has 0 spiro atoms. The third kappa shape index (κ3) is 3.51. The molecule has 15 heavy (non-hydrogen) atoms. The van der Waals surface area contributed by atoms with E-state index in [9.17, 15) is 4.79 Å². The summed E-state index contributed by atoms with van der Waals surface area (Å²) in [5.74, 6) is -0.553. The van der Waals surface area contributed by atoms with Gasteiger partial charge < -0.3 is 5.11 Å². The van der Waals surface area contributed by atoms with Crippen LogP contribution >= 0.6 is 0 Å². The summed E-state index contributed by atoms with van der Waals surface area (Å²) in [4.78, 5) is 11.1. The third-order valence-electron chi connectivity index (χ3n) is 3.77. The molecule has 0 aromatic carbocycles. The maximum Gasteiger partial charge on any atom is 0.309 e. The Morgan fingerprint density at radius 1 is 1.13 bits per heavy atom. The number of carboxylic acid groups (broad SMARTS) is 1. The van der Waals surface area contributed by atoms with Crippen molar-refractivity contribution in [3.05, 3.63) is 0 Å². The lowest BCUT2D eigenvalue weighted by Gasteiger charge is -2.37. The standard InChI is InChI=1S/C13H24O2/c1-2-3-4-5-6-7-9-13(12(14)15)10-8-11-13/h2-11H2,1H3,(H,14,15). The number of aliphatic carboxylic acids is 1. The van der Waals surface area contributed by atoms with E-state index in [0.717, 1.165) is 32.1 Å². The molecule has 1 aliphatic carbocycles. The number of rotatable bonds is 8. The van der Waals surface area contributed by atoms with Crippen molar-refractivity contribution in [1.82, 2.24) is 0 Å². The first-order valence-electron chi connectivity index (χ1n) is 6.45. The van der Waals surface area contributed by atoms with Gasteiger partial charge in [-0.3, -0.25) is 4.79 Å². The molecule has 1 fully saturated rings. The van der Waals surface area contributed by atoms with Crippen molar-refractivity contribution in [3.8, 4) is 0 Å². The molecule has 0 heterocycles. The number of hydrogen-bond acceptors (Lipinski definition) is 1. The highest BCUT2D eigenvalue weighted by Gasteiger charge is 2.43. The normalized spacial score (nSPS) is 18.5. The Labute approximate surface area is 93.1 Å². The highest BCUT2D eigenvalue weighted by Crippen LogP contribution is 2.45. The number of unbranched alkanes of at least 4 members (excludes halogenated alkanes) is 5. The summed E-state index contributed by atoms with van der Waals surface area (Å²) in [6.45, 7) is 2.22. The molecular formula is C13H24O2. The minimum atomic E-state index is -0.553. The summed E-state index contributed by atoms with van der Waals surface area (Å²) in [7, 11) is 0. The van der Waals surface area contributed by atoms with E-state index >= 15 is 0 Å². The summed E-state index contributed by atoms with van der Waals surface area (Å²) in [6.07, 6.45) is 11.4. The average molecular weight is 212 g/mol. The minimum absolute atomic E-state index is 0.315. The maximum atomic E-state index is 11.1. The number of hydrogen-bond donors (Lipinski definition) is 1. The van der Waals surface area contributed by atoms with Gasteiger partial charge in [-0.15, -0.1) is 0 Å². The molecule has 2 nitrogen and oxygen atoms in total. The van der Waals surface area contributed by atoms with Crippen LogP contribution in [0.15, 0.2) is 0 Å². The molecule has 0 aromatic heterocycles. The van der Waals surface area contributed by atoms with Gasteiger partial charge in [0.2, 0.25) is 0 Å². The van der Waals surface area contributed by atoms with Crippen molar-refractivity contribution in [1.29, 1.82) is 0 Å². The van der Waals surface area contributed by atoms with Crippen molar-refractivity contribution in [2.75, 3.05) is 0 Å². The summed E-state index contributed by atoms with van der Waals surface area (Å²) >= 11 is 0. The van der Waals surface area contributed by atoms with Gasteiger partial charge >= 0.3 is 5.97 Å². The second kappa shape index (κ2) is 6.14. The molecular weight excluding hydrogens is 188 g/mol. The van der Waals surface area contributed by atoms with Gasteiger partial charge in [-0.1, -0.05) is 51.9 Å². The van der Waals surface area contributed by atoms with Crippen molar-refractivity contribution in [2.24, 2.45) is 5.41 Å². The summed E-state index contributed by atoms with van der Waals surface area (Å²) in [6, 6.07) is 0. The minimum Gasteiger partial charge on any atom is -0.481 e. The zero-order chi connectivity index (χ0) is 11.1. The molecule has 2 heteroatoms. The lowest BCUT2D eigenvalue weighted by atomic mass is 9.66. The van der Waals surface area contributed by atoms with Crippen molar-refractivity contribution in [2.45, 2.75) is 71.1 Å². The van der Waals surface area contributed by atoms with Gasteiger partial charge in [0.05, 0.1) is 5.41 Å². The van der Waals surface area contributed by atoms with Gasteiger partial charge in [0, 0.05) is 0 Å². The summed E-state index contributed by atoms with van der Waals surface area (Å²) in [5.41, 5.74) is -0.315. The highest BCUT2D eigenvalue weighted by atomic mass is 16.4. The number of carbonyl (C=O) groups is 1. The molecule has 1 saturated carbocycles. The molecule has 0 aromatic rings. The lowest BCUT2D eigenvalue weighted by molar-refractivity contribution is -0.155. The Morgan fingerprint density at radius 2 is 1.73 bits per heavy atom. The fourth-order valence-electron chi connectivity index (χ4n) is 2.42. The van der Waals surface area contributed by atoms with Gasteiger partial charge in [0.1, 0.15) is 0 Å². The summed E-state index contributed by atoms with van der Waals surface area (Å²) < 4.78 is 0. The molecule has 88 valence electrons. The molecule has 0 amide bonds. The van der Waals surface area contributed by atoms with Gasteiger partial charge in [0.15, 0.2) is 0 Å². The molecule has 0 aliphatic heterocycles. The monoisotopic (exact) mass is 212 g/mol. The Hall–Kier alpha value is -0.530. The topological polar surface area (TPSA) is 37.3 Å². The van der Waals surface area contributed by atoms with Crippen molar-refractivity contribution >= 4 is 5.97 Å². The predicted molar refractivity (Wildman–Crippen MR) is 61.9 cm³/mol. The molecule has 0 radical (unpaired) electrons. The molecule has 1 rings (SSSR count). The smallest absolute Gasteiger partial charge is 0.309 e. The second-order valence-corrected chi connectivity index (χ2v) is 4.96. The van der Waals surface area contributed by atoms with Crippen LogP contribution in [-0.4, -0.2) is 11.1 Å². The highest BCUT2D eigenvalue weighted by molar-refractivity contribution is 5.75. The molecule has 1 N–H and O–H groups in total. The van der Waals surface area contributed by atoms with Crippen LogP contribution in [0.25, 0.3) is 0 Å². The first-order valence-corrected chi connectivity index (χ1v) is 6.45. The maximum absolute atomic E-state index is 11.1. The Kier molecular flexibility index (Phi) is 5.13. The van der Waals surface area contributed by atoms with Crippen LogP contribution in [0.4, 0.5) is 0 Å². The first-order chi connectivity index (χ1) is 7.21. The third-order valence-corrected chi connectivity index (χ3v) is 3.77. The zero-order valence-corrected chi connectivity index (χ0v) is 9.93. The van der Waals surface area contributed by atoms with E-state index in [1.54, 1.807) is 0 Å². The van der Waals surface area contributed by atoms with Gasteiger partial charge in [-0.25, -0.2) is 0 Å². The van der Waals surface area contributed by atoms with E-state index in [-0.39, 0.29) is 5.41 Å². The first kappa shape index (κ1) is 12.5. The fourth-order valence-corrected chi connectivity index (χ4v) is 2.42. The number of carboxylic acids is 1. The SMILES string of the molecule is CCCCCCCCC1(C(=O)O)CCC1. The van der Waals surface area contributed by atoms with Gasteiger partial charge in [0.25, 0.3) is 0 Å². The largest absolute Gasteiger partial charge is 0.481 e. The molecule has 1 aliphatic rings. The molecule has 0 atom stereocenters. The quantitative estimate of drug-likeness (QED) is 0.618. The van der Waals surface area contributed by atoms with Gasteiger partial charge in [-0.2, -0.15) is 0 Å². The van der Waals surface area contributed by atoms with Crippen LogP contribution in [0.5, 0.6) is 0 Å². The average Bonchev–Trinajstić information content (AvgIpc) is 2.13. The van der Waals surface area contributed by atoms with Crippen molar-refractivity contribution in [3.63, 3.8) is 0 Å². The van der Waals surface area contributed by atoms with E-state index in [4.69, 9.17) is 5.11 Å². The van der Waals surface area contributed by atoms with E-state index < -0.39 is 5.97 Å². The van der Waals surface area contributed by atoms with E-state index in [1.807, 2.05) is 0 Å². The van der Waals surface area contributed by atoms with Crippen LogP contribution in [0.1, 0.15) is 71.1 Å². The predicted octanol–water partition coefficient (Wildman–Crippen LogP) is 3.99. The van der Waals surface area contributed by atoms with Crippen molar-refractivity contribution < 1.29 is 9.90 Å².